The maximum absolute atomic E-state index is 13.6. The number of esters is 2. The molecule has 31 heavy (non-hydrogen) atoms. The summed E-state index contributed by atoms with van der Waals surface area (Å²) in [6, 6.07) is 0. The van der Waals surface area contributed by atoms with Crippen LogP contribution in [0.5, 0.6) is 0 Å². The highest BCUT2D eigenvalue weighted by Gasteiger charge is 2.69. The number of hydrogen-bond acceptors (Lipinski definition) is 7. The maximum Gasteiger partial charge on any atom is 0.468 e. The van der Waals surface area contributed by atoms with Gasteiger partial charge in [0.2, 0.25) is 0 Å². The molecule has 0 aromatic carbocycles. The van der Waals surface area contributed by atoms with E-state index in [1.165, 1.54) is 0 Å². The lowest BCUT2D eigenvalue weighted by Crippen LogP contribution is -2.59. The number of rotatable bonds is 9. The van der Waals surface area contributed by atoms with Crippen molar-refractivity contribution in [3.05, 3.63) is 0 Å². The fourth-order valence-corrected chi connectivity index (χ4v) is 3.22. The number of ether oxygens (including phenoxy) is 3. The first-order chi connectivity index (χ1) is 13.9. The first kappa shape index (κ1) is 27.4. The first-order valence-electron chi connectivity index (χ1n) is 8.67. The van der Waals surface area contributed by atoms with Crippen molar-refractivity contribution >= 4 is 22.1 Å². The van der Waals surface area contributed by atoms with Gasteiger partial charge >= 0.3 is 45.2 Å². The molecule has 1 fully saturated rings. The highest BCUT2D eigenvalue weighted by Crippen LogP contribution is 2.42. The van der Waals surface area contributed by atoms with Crippen LogP contribution in [-0.2, 0) is 33.9 Å². The van der Waals surface area contributed by atoms with E-state index < -0.39 is 64.1 Å². The second-order valence-electron chi connectivity index (χ2n) is 6.66. The van der Waals surface area contributed by atoms with Crippen molar-refractivity contribution < 1.29 is 67.5 Å². The molecule has 0 aromatic heterocycles. The molecule has 0 spiro atoms. The van der Waals surface area contributed by atoms with Gasteiger partial charge in [0, 0.05) is 6.42 Å². The number of methoxy groups -OCH3 is 1. The third-order valence-electron chi connectivity index (χ3n) is 4.48. The predicted octanol–water partition coefficient (Wildman–Crippen LogP) is 3.06. The van der Waals surface area contributed by atoms with Gasteiger partial charge in [-0.15, -0.1) is 0 Å². The largest absolute Gasteiger partial charge is 0.468 e. The van der Waals surface area contributed by atoms with Gasteiger partial charge in [0.1, 0.15) is 0 Å². The van der Waals surface area contributed by atoms with Crippen LogP contribution in [0.15, 0.2) is 0 Å². The second kappa shape index (κ2) is 9.44. The molecule has 1 unspecified atom stereocenters. The minimum Gasteiger partial charge on any atom is -0.464 e. The molecule has 0 bridgehead atoms. The van der Waals surface area contributed by atoms with Gasteiger partial charge in [-0.05, 0) is 12.8 Å². The van der Waals surface area contributed by atoms with Gasteiger partial charge in [0.15, 0.2) is 0 Å². The highest BCUT2D eigenvalue weighted by molar-refractivity contribution is 7.87. The van der Waals surface area contributed by atoms with Crippen molar-refractivity contribution in [2.24, 2.45) is 5.92 Å². The molecule has 1 aliphatic rings. The van der Waals surface area contributed by atoms with Crippen LogP contribution in [0, 0.1) is 5.92 Å². The molecule has 1 aliphatic carbocycles. The zero-order valence-corrected chi connectivity index (χ0v) is 16.7. The summed E-state index contributed by atoms with van der Waals surface area (Å²) in [6.07, 6.45) is -6.43. The SMILES string of the molecule is COC(=O)C(OCCC(F)(F)C(F)(F)S(=O)(=O)O)(OC(=O)C1CCCCC1)C(F)(F)F. The van der Waals surface area contributed by atoms with Crippen LogP contribution < -0.4 is 0 Å². The Morgan fingerprint density at radius 2 is 1.52 bits per heavy atom. The van der Waals surface area contributed by atoms with Gasteiger partial charge in [-0.25, -0.2) is 4.79 Å². The molecule has 1 rings (SSSR count). The van der Waals surface area contributed by atoms with E-state index in [9.17, 15) is 48.7 Å². The lowest BCUT2D eigenvalue weighted by molar-refractivity contribution is -0.358. The van der Waals surface area contributed by atoms with Crippen LogP contribution in [0.4, 0.5) is 30.7 Å². The minimum atomic E-state index is -6.65. The Hall–Kier alpha value is -1.68. The first-order valence-corrected chi connectivity index (χ1v) is 10.1. The van der Waals surface area contributed by atoms with Crippen molar-refractivity contribution in [3.8, 4) is 0 Å². The quantitative estimate of drug-likeness (QED) is 0.226. The Morgan fingerprint density at radius 3 is 1.94 bits per heavy atom. The molecule has 1 N–H and O–H groups in total. The lowest BCUT2D eigenvalue weighted by Gasteiger charge is -2.34. The minimum absolute atomic E-state index is 0.118. The second-order valence-corrected chi connectivity index (χ2v) is 8.12. The van der Waals surface area contributed by atoms with Crippen molar-refractivity contribution in [2.75, 3.05) is 13.7 Å². The summed E-state index contributed by atoms with van der Waals surface area (Å²) in [4.78, 5) is 23.9. The average molecular weight is 492 g/mol. The molecule has 0 saturated heterocycles. The monoisotopic (exact) mass is 492 g/mol. The Balaban J connectivity index is 3.15. The van der Waals surface area contributed by atoms with E-state index in [4.69, 9.17) is 4.55 Å². The molecule has 0 amide bonds. The third kappa shape index (κ3) is 5.77. The van der Waals surface area contributed by atoms with Crippen molar-refractivity contribution in [3.63, 3.8) is 0 Å². The smallest absolute Gasteiger partial charge is 0.464 e. The summed E-state index contributed by atoms with van der Waals surface area (Å²) in [5.41, 5.74) is 0. The third-order valence-corrected chi connectivity index (χ3v) is 5.43. The van der Waals surface area contributed by atoms with E-state index >= 15 is 0 Å². The summed E-state index contributed by atoms with van der Waals surface area (Å²) in [7, 11) is -6.21. The van der Waals surface area contributed by atoms with Crippen LogP contribution in [0.3, 0.4) is 0 Å². The average Bonchev–Trinajstić information content (AvgIpc) is 2.64. The Kier molecular flexibility index (Phi) is 8.33. The molecular weight excluding hydrogens is 473 g/mol. The zero-order valence-electron chi connectivity index (χ0n) is 15.9. The molecular formula is C15H19F7O8S. The molecule has 0 aliphatic heterocycles. The summed E-state index contributed by atoms with van der Waals surface area (Å²) in [5, 5.41) is -6.08. The van der Waals surface area contributed by atoms with Gasteiger partial charge in [0.05, 0.1) is 19.6 Å². The molecule has 1 atom stereocenters. The van der Waals surface area contributed by atoms with Gasteiger partial charge in [0.25, 0.3) is 0 Å². The summed E-state index contributed by atoms with van der Waals surface area (Å²) in [6.45, 7) is -2.04. The topological polar surface area (TPSA) is 116 Å². The summed E-state index contributed by atoms with van der Waals surface area (Å²) >= 11 is 0. The standard InChI is InChI=1S/C15H19F7O8S/c1-28-11(24)13(14(18,19)20,30-10(23)9-5-3-2-4-6-9)29-8-7-12(16,17)15(21,22)31(25,26)27/h9H,2-8H2,1H3,(H,25,26,27). The van der Waals surface area contributed by atoms with Gasteiger partial charge in [-0.3, -0.25) is 9.35 Å². The van der Waals surface area contributed by atoms with E-state index in [1.54, 1.807) is 0 Å². The Labute approximate surface area is 171 Å². The predicted molar refractivity (Wildman–Crippen MR) is 85.5 cm³/mol. The van der Waals surface area contributed by atoms with Crippen LogP contribution in [0.1, 0.15) is 38.5 Å². The number of carbonyl (C=O) groups is 2. The molecule has 0 radical (unpaired) electrons. The molecule has 0 heterocycles. The van der Waals surface area contributed by atoms with Gasteiger partial charge in [-0.2, -0.15) is 39.2 Å². The maximum atomic E-state index is 13.6. The molecule has 182 valence electrons. The van der Waals surface area contributed by atoms with E-state index in [0.717, 1.165) is 0 Å². The number of halogens is 7. The fraction of sp³-hybridized carbons (Fsp3) is 0.867. The molecule has 8 nitrogen and oxygen atoms in total. The Morgan fingerprint density at radius 1 is 1.00 bits per heavy atom. The number of hydrogen-bond donors (Lipinski definition) is 1. The van der Waals surface area contributed by atoms with Crippen molar-refractivity contribution in [1.82, 2.24) is 0 Å². The van der Waals surface area contributed by atoms with Crippen LogP contribution in [0.2, 0.25) is 0 Å². The van der Waals surface area contributed by atoms with E-state index in [-0.39, 0.29) is 12.8 Å². The highest BCUT2D eigenvalue weighted by atomic mass is 32.2. The van der Waals surface area contributed by atoms with Crippen molar-refractivity contribution in [2.45, 2.75) is 61.7 Å². The Bertz CT molecular complexity index is 762. The fourth-order valence-electron chi connectivity index (χ4n) is 2.74. The van der Waals surface area contributed by atoms with Crippen molar-refractivity contribution in [1.29, 1.82) is 0 Å². The van der Waals surface area contributed by atoms with Crippen LogP contribution in [0.25, 0.3) is 0 Å². The summed E-state index contributed by atoms with van der Waals surface area (Å²) < 4.78 is 136. The van der Waals surface area contributed by atoms with E-state index in [1.807, 2.05) is 0 Å². The van der Waals surface area contributed by atoms with Crippen LogP contribution >= 0.6 is 0 Å². The molecule has 0 aromatic rings. The molecule has 16 heteroatoms. The van der Waals surface area contributed by atoms with Crippen LogP contribution in [-0.4, -0.2) is 61.8 Å². The normalized spacial score (nSPS) is 18.9. The number of alkyl halides is 7. The zero-order chi connectivity index (χ0) is 24.3. The lowest BCUT2D eigenvalue weighted by atomic mass is 9.89. The van der Waals surface area contributed by atoms with E-state index in [0.29, 0.717) is 26.4 Å². The number of carbonyl (C=O) groups excluding carboxylic acids is 2. The molecule has 1 saturated carbocycles. The van der Waals surface area contributed by atoms with Gasteiger partial charge in [-0.1, -0.05) is 19.3 Å². The van der Waals surface area contributed by atoms with Gasteiger partial charge < -0.3 is 14.2 Å². The van der Waals surface area contributed by atoms with E-state index in [2.05, 4.69) is 14.2 Å². The summed E-state index contributed by atoms with van der Waals surface area (Å²) in [5.74, 6) is -15.2.